The minimum absolute atomic E-state index is 0.257. The Kier molecular flexibility index (Phi) is 25.1. The van der Waals surface area contributed by atoms with Gasteiger partial charge in [-0.05, 0) is 18.6 Å². The van der Waals surface area contributed by atoms with E-state index in [9.17, 15) is 4.79 Å². The molecule has 0 aromatic carbocycles. The number of rotatable bonds is 28. The quantitative estimate of drug-likeness (QED) is 0.0822. The van der Waals surface area contributed by atoms with Crippen molar-refractivity contribution in [2.45, 2.75) is 174 Å². The number of carbonyl (C=O) groups is 1. The van der Waals surface area contributed by atoms with Crippen molar-refractivity contribution in [1.29, 1.82) is 0 Å². The molecule has 0 spiro atoms. The lowest BCUT2D eigenvalue weighted by Gasteiger charge is -2.05. The predicted octanol–water partition coefficient (Wildman–Crippen LogP) is 11.4. The second-order valence-corrected chi connectivity index (χ2v) is 11.2. The minimum Gasteiger partial charge on any atom is -0.462 e. The number of hydrogen-bond acceptors (Lipinski definition) is 3. The Morgan fingerprint density at radius 1 is 0.568 bits per heavy atom. The van der Waals surface area contributed by atoms with Gasteiger partial charge in [0.05, 0.1) is 12.2 Å². The number of unbranched alkanes of at least 4 members (excludes halogenated alkanes) is 25. The SMILES string of the molecule is CCCCCCCCCCCCCCCCCCCCCCCCCCCCOC(=O)c1cccnc1. The molecule has 0 saturated carbocycles. The fraction of sp³-hybridized carbons (Fsp3) is 0.824. The van der Waals surface area contributed by atoms with E-state index in [1.807, 2.05) is 0 Å². The second kappa shape index (κ2) is 27.6. The van der Waals surface area contributed by atoms with Gasteiger partial charge in [-0.15, -0.1) is 0 Å². The van der Waals surface area contributed by atoms with E-state index in [0.717, 1.165) is 12.8 Å². The highest BCUT2D eigenvalue weighted by Gasteiger charge is 2.05. The van der Waals surface area contributed by atoms with Crippen molar-refractivity contribution in [2.24, 2.45) is 0 Å². The molecule has 37 heavy (non-hydrogen) atoms. The van der Waals surface area contributed by atoms with Gasteiger partial charge < -0.3 is 4.74 Å². The third kappa shape index (κ3) is 23.5. The summed E-state index contributed by atoms with van der Waals surface area (Å²) in [6, 6.07) is 3.51. The van der Waals surface area contributed by atoms with Gasteiger partial charge in [0.15, 0.2) is 0 Å². The van der Waals surface area contributed by atoms with Gasteiger partial charge in [0.25, 0.3) is 0 Å². The normalized spacial score (nSPS) is 11.2. The molecule has 214 valence electrons. The van der Waals surface area contributed by atoms with E-state index in [-0.39, 0.29) is 5.97 Å². The van der Waals surface area contributed by atoms with Crippen molar-refractivity contribution >= 4 is 5.97 Å². The van der Waals surface area contributed by atoms with Crippen LogP contribution < -0.4 is 0 Å². The van der Waals surface area contributed by atoms with Gasteiger partial charge in [-0.2, -0.15) is 0 Å². The van der Waals surface area contributed by atoms with Crippen molar-refractivity contribution < 1.29 is 9.53 Å². The standard InChI is InChI=1S/C34H61NO2/c1-2-3-4-5-6-7-8-9-10-11-12-13-14-15-16-17-18-19-20-21-22-23-24-25-26-27-31-37-34(36)33-29-28-30-35-32-33/h28-30,32H,2-27,31H2,1H3. The molecular weight excluding hydrogens is 454 g/mol. The average Bonchev–Trinajstić information content (AvgIpc) is 2.93. The first-order valence-corrected chi connectivity index (χ1v) is 16.4. The number of ether oxygens (including phenoxy) is 1. The van der Waals surface area contributed by atoms with E-state index in [0.29, 0.717) is 12.2 Å². The molecule has 3 nitrogen and oxygen atoms in total. The molecule has 1 heterocycles. The van der Waals surface area contributed by atoms with E-state index >= 15 is 0 Å². The van der Waals surface area contributed by atoms with E-state index in [2.05, 4.69) is 11.9 Å². The van der Waals surface area contributed by atoms with Crippen LogP contribution in [-0.2, 0) is 4.74 Å². The maximum absolute atomic E-state index is 11.8. The van der Waals surface area contributed by atoms with E-state index in [1.165, 1.54) is 154 Å². The van der Waals surface area contributed by atoms with E-state index < -0.39 is 0 Å². The molecule has 0 bridgehead atoms. The molecule has 1 aromatic heterocycles. The molecule has 0 N–H and O–H groups in total. The Hall–Kier alpha value is -1.38. The predicted molar refractivity (Wildman–Crippen MR) is 160 cm³/mol. The molecule has 0 amide bonds. The highest BCUT2D eigenvalue weighted by Crippen LogP contribution is 2.16. The van der Waals surface area contributed by atoms with Crippen LogP contribution in [-0.4, -0.2) is 17.6 Å². The van der Waals surface area contributed by atoms with Crippen molar-refractivity contribution in [2.75, 3.05) is 6.61 Å². The molecule has 0 aliphatic heterocycles. The monoisotopic (exact) mass is 515 g/mol. The Bertz CT molecular complexity index is 589. The third-order valence-corrected chi connectivity index (χ3v) is 7.63. The molecule has 0 aliphatic rings. The lowest BCUT2D eigenvalue weighted by atomic mass is 10.0. The summed E-state index contributed by atoms with van der Waals surface area (Å²) in [6.45, 7) is 2.82. The molecule has 0 saturated heterocycles. The summed E-state index contributed by atoms with van der Waals surface area (Å²) in [5.41, 5.74) is 0.539. The second-order valence-electron chi connectivity index (χ2n) is 11.2. The van der Waals surface area contributed by atoms with Crippen molar-refractivity contribution in [1.82, 2.24) is 4.98 Å². The van der Waals surface area contributed by atoms with Gasteiger partial charge in [-0.3, -0.25) is 4.98 Å². The summed E-state index contributed by atoms with van der Waals surface area (Å²) >= 11 is 0. The van der Waals surface area contributed by atoms with Gasteiger partial charge in [-0.25, -0.2) is 4.79 Å². The van der Waals surface area contributed by atoms with Crippen LogP contribution in [0.25, 0.3) is 0 Å². The average molecular weight is 516 g/mol. The first-order chi connectivity index (χ1) is 18.3. The molecule has 1 rings (SSSR count). The third-order valence-electron chi connectivity index (χ3n) is 7.63. The van der Waals surface area contributed by atoms with Crippen molar-refractivity contribution in [3.8, 4) is 0 Å². The van der Waals surface area contributed by atoms with Crippen molar-refractivity contribution in [3.05, 3.63) is 30.1 Å². The van der Waals surface area contributed by atoms with Crippen LogP contribution in [0.15, 0.2) is 24.5 Å². The zero-order valence-electron chi connectivity index (χ0n) is 24.7. The molecular formula is C34H61NO2. The molecule has 0 fully saturated rings. The van der Waals surface area contributed by atoms with Gasteiger partial charge in [0.1, 0.15) is 0 Å². The Labute approximate surface area is 231 Å². The van der Waals surface area contributed by atoms with Crippen LogP contribution in [0.2, 0.25) is 0 Å². The molecule has 0 aliphatic carbocycles. The van der Waals surface area contributed by atoms with Gasteiger partial charge in [-0.1, -0.05) is 167 Å². The van der Waals surface area contributed by atoms with Crippen molar-refractivity contribution in [3.63, 3.8) is 0 Å². The summed E-state index contributed by atoms with van der Waals surface area (Å²) < 4.78 is 5.30. The fourth-order valence-corrected chi connectivity index (χ4v) is 5.15. The molecule has 1 aromatic rings. The molecule has 3 heteroatoms. The maximum atomic E-state index is 11.8. The summed E-state index contributed by atoms with van der Waals surface area (Å²) in [6.07, 6.45) is 39.6. The van der Waals surface area contributed by atoms with Gasteiger partial charge >= 0.3 is 5.97 Å². The topological polar surface area (TPSA) is 39.2 Å². The zero-order valence-corrected chi connectivity index (χ0v) is 24.7. The Balaban J connectivity index is 1.66. The zero-order chi connectivity index (χ0) is 26.5. The smallest absolute Gasteiger partial charge is 0.339 e. The number of nitrogens with zero attached hydrogens (tertiary/aromatic N) is 1. The lowest BCUT2D eigenvalue weighted by molar-refractivity contribution is 0.0497. The number of aromatic nitrogens is 1. The Morgan fingerprint density at radius 2 is 0.919 bits per heavy atom. The summed E-state index contributed by atoms with van der Waals surface area (Å²) in [5, 5.41) is 0. The highest BCUT2D eigenvalue weighted by molar-refractivity contribution is 5.88. The number of esters is 1. The maximum Gasteiger partial charge on any atom is 0.339 e. The summed E-state index contributed by atoms with van der Waals surface area (Å²) in [5.74, 6) is -0.257. The van der Waals surface area contributed by atoms with E-state index in [1.54, 1.807) is 24.5 Å². The van der Waals surface area contributed by atoms with Crippen LogP contribution in [0.3, 0.4) is 0 Å². The fourth-order valence-electron chi connectivity index (χ4n) is 5.15. The van der Waals surface area contributed by atoms with Crippen LogP contribution in [0.1, 0.15) is 184 Å². The summed E-state index contributed by atoms with van der Waals surface area (Å²) in [4.78, 5) is 15.8. The lowest BCUT2D eigenvalue weighted by Crippen LogP contribution is -2.06. The highest BCUT2D eigenvalue weighted by atomic mass is 16.5. The van der Waals surface area contributed by atoms with Crippen LogP contribution >= 0.6 is 0 Å². The number of carbonyl (C=O) groups excluding carboxylic acids is 1. The van der Waals surface area contributed by atoms with Crippen LogP contribution in [0, 0.1) is 0 Å². The van der Waals surface area contributed by atoms with Gasteiger partial charge in [0, 0.05) is 12.4 Å². The molecule has 0 unspecified atom stereocenters. The summed E-state index contributed by atoms with van der Waals surface area (Å²) in [7, 11) is 0. The Morgan fingerprint density at radius 3 is 1.24 bits per heavy atom. The van der Waals surface area contributed by atoms with Crippen LogP contribution in [0.5, 0.6) is 0 Å². The largest absolute Gasteiger partial charge is 0.462 e. The number of hydrogen-bond donors (Lipinski definition) is 0. The first kappa shape index (κ1) is 33.6. The van der Waals surface area contributed by atoms with Gasteiger partial charge in [0.2, 0.25) is 0 Å². The minimum atomic E-state index is -0.257. The molecule has 0 atom stereocenters. The van der Waals surface area contributed by atoms with E-state index in [4.69, 9.17) is 4.74 Å². The van der Waals surface area contributed by atoms with Crippen LogP contribution in [0.4, 0.5) is 0 Å². The number of pyridine rings is 1. The first-order valence-electron chi connectivity index (χ1n) is 16.4. The molecule has 0 radical (unpaired) electrons.